The zero-order chi connectivity index (χ0) is 15.4. The third-order valence-corrected chi connectivity index (χ3v) is 3.71. The van der Waals surface area contributed by atoms with E-state index in [4.69, 9.17) is 4.42 Å². The Morgan fingerprint density at radius 3 is 2.62 bits per heavy atom. The second-order valence-electron chi connectivity index (χ2n) is 4.54. The number of hydrogen-bond acceptors (Lipinski definition) is 3. The number of nitrogens with zero attached hydrogens (tertiary/aromatic N) is 1. The van der Waals surface area contributed by atoms with E-state index in [0.29, 0.717) is 18.7 Å². The van der Waals surface area contributed by atoms with Crippen LogP contribution in [-0.2, 0) is 4.79 Å². The van der Waals surface area contributed by atoms with Gasteiger partial charge in [-0.15, -0.1) is 0 Å². The highest BCUT2D eigenvalue weighted by molar-refractivity contribution is 9.10. The monoisotopic (exact) mass is 352 g/mol. The summed E-state index contributed by atoms with van der Waals surface area (Å²) < 4.78 is 6.39. The minimum absolute atomic E-state index is 0.0265. The highest BCUT2D eigenvalue weighted by Gasteiger charge is 2.15. The zero-order valence-corrected chi connectivity index (χ0v) is 13.6. The molecular weight excluding hydrogens is 336 g/mol. The van der Waals surface area contributed by atoms with Gasteiger partial charge in [-0.25, -0.2) is 0 Å². The topological polar surface area (TPSA) is 62.6 Å². The van der Waals surface area contributed by atoms with Crippen LogP contribution in [0, 0.1) is 0 Å². The summed E-state index contributed by atoms with van der Waals surface area (Å²) in [5.41, 5.74) is 0.637. The standard InChI is InChI=1S/C15H17BrN2O3/c1-3-18(4-2)14(19)9-17-15(20)13-8-10-7-11(16)5-6-12(10)21-13/h5-8H,3-4,9H2,1-2H3,(H,17,20). The number of carbonyl (C=O) groups is 2. The molecule has 6 heteroatoms. The molecule has 5 nitrogen and oxygen atoms in total. The number of benzene rings is 1. The zero-order valence-electron chi connectivity index (χ0n) is 12.0. The average Bonchev–Trinajstić information content (AvgIpc) is 2.89. The van der Waals surface area contributed by atoms with Crippen molar-refractivity contribution in [3.63, 3.8) is 0 Å². The van der Waals surface area contributed by atoms with Crippen LogP contribution >= 0.6 is 15.9 Å². The van der Waals surface area contributed by atoms with Crippen LogP contribution in [0.25, 0.3) is 11.0 Å². The molecule has 0 atom stereocenters. The van der Waals surface area contributed by atoms with Crippen molar-refractivity contribution in [3.8, 4) is 0 Å². The van der Waals surface area contributed by atoms with E-state index in [1.165, 1.54) is 0 Å². The van der Waals surface area contributed by atoms with Crippen molar-refractivity contribution in [3.05, 3.63) is 34.5 Å². The van der Waals surface area contributed by atoms with Crippen LogP contribution in [0.5, 0.6) is 0 Å². The Labute approximate surface area is 131 Å². The number of likely N-dealkylation sites (N-methyl/N-ethyl adjacent to an activating group) is 1. The predicted molar refractivity (Wildman–Crippen MR) is 84.2 cm³/mol. The fourth-order valence-corrected chi connectivity index (χ4v) is 2.44. The number of amides is 2. The summed E-state index contributed by atoms with van der Waals surface area (Å²) in [5.74, 6) is -0.287. The van der Waals surface area contributed by atoms with Gasteiger partial charge >= 0.3 is 0 Å². The second kappa shape index (κ2) is 6.76. The summed E-state index contributed by atoms with van der Waals surface area (Å²) in [6.45, 7) is 5.04. The Hall–Kier alpha value is -1.82. The van der Waals surface area contributed by atoms with E-state index in [9.17, 15) is 9.59 Å². The van der Waals surface area contributed by atoms with Gasteiger partial charge in [0.2, 0.25) is 5.91 Å². The molecule has 112 valence electrons. The predicted octanol–water partition coefficient (Wildman–Crippen LogP) is 2.79. The van der Waals surface area contributed by atoms with Gasteiger partial charge < -0.3 is 14.6 Å². The van der Waals surface area contributed by atoms with E-state index in [1.807, 2.05) is 26.0 Å². The van der Waals surface area contributed by atoms with Gasteiger partial charge in [0.15, 0.2) is 5.76 Å². The molecule has 0 spiro atoms. The number of fused-ring (bicyclic) bond motifs is 1. The molecule has 0 aliphatic heterocycles. The number of furan rings is 1. The van der Waals surface area contributed by atoms with Crippen LogP contribution in [-0.4, -0.2) is 36.3 Å². The Morgan fingerprint density at radius 2 is 1.95 bits per heavy atom. The van der Waals surface area contributed by atoms with Crippen molar-refractivity contribution in [2.45, 2.75) is 13.8 Å². The molecule has 0 aliphatic carbocycles. The Bertz CT molecular complexity index is 662. The summed E-state index contributed by atoms with van der Waals surface area (Å²) in [7, 11) is 0. The highest BCUT2D eigenvalue weighted by atomic mass is 79.9. The molecule has 0 unspecified atom stereocenters. The second-order valence-corrected chi connectivity index (χ2v) is 5.46. The minimum atomic E-state index is -0.386. The largest absolute Gasteiger partial charge is 0.451 e. The molecule has 2 rings (SSSR count). The summed E-state index contributed by atoms with van der Waals surface area (Å²) in [4.78, 5) is 25.5. The van der Waals surface area contributed by atoms with E-state index in [-0.39, 0.29) is 24.1 Å². The van der Waals surface area contributed by atoms with E-state index in [1.54, 1.807) is 17.0 Å². The maximum atomic E-state index is 12.0. The summed E-state index contributed by atoms with van der Waals surface area (Å²) in [6.07, 6.45) is 0. The smallest absolute Gasteiger partial charge is 0.287 e. The minimum Gasteiger partial charge on any atom is -0.451 e. The van der Waals surface area contributed by atoms with Gasteiger partial charge in [-0.3, -0.25) is 9.59 Å². The normalized spacial score (nSPS) is 10.6. The lowest BCUT2D eigenvalue weighted by Gasteiger charge is -2.18. The fraction of sp³-hybridized carbons (Fsp3) is 0.333. The molecule has 0 bridgehead atoms. The van der Waals surface area contributed by atoms with Crippen molar-refractivity contribution in [2.24, 2.45) is 0 Å². The van der Waals surface area contributed by atoms with Crippen molar-refractivity contribution in [1.29, 1.82) is 0 Å². The van der Waals surface area contributed by atoms with Crippen molar-refractivity contribution in [1.82, 2.24) is 10.2 Å². The molecule has 0 saturated heterocycles. The number of nitrogens with one attached hydrogen (secondary N) is 1. The van der Waals surface area contributed by atoms with Crippen molar-refractivity contribution in [2.75, 3.05) is 19.6 Å². The molecule has 0 aliphatic rings. The van der Waals surface area contributed by atoms with Crippen LogP contribution in [0.2, 0.25) is 0 Å². The van der Waals surface area contributed by atoms with E-state index < -0.39 is 0 Å². The maximum absolute atomic E-state index is 12.0. The van der Waals surface area contributed by atoms with Crippen LogP contribution in [0.4, 0.5) is 0 Å². The first-order valence-corrected chi connectivity index (χ1v) is 7.59. The van der Waals surface area contributed by atoms with Gasteiger partial charge in [-0.05, 0) is 38.1 Å². The molecule has 1 aromatic carbocycles. The molecule has 2 aromatic rings. The molecule has 1 N–H and O–H groups in total. The van der Waals surface area contributed by atoms with Gasteiger partial charge in [-0.2, -0.15) is 0 Å². The third-order valence-electron chi connectivity index (χ3n) is 3.22. The van der Waals surface area contributed by atoms with E-state index in [0.717, 1.165) is 9.86 Å². The maximum Gasteiger partial charge on any atom is 0.287 e. The van der Waals surface area contributed by atoms with Crippen LogP contribution in [0.1, 0.15) is 24.4 Å². The lowest BCUT2D eigenvalue weighted by atomic mass is 10.2. The highest BCUT2D eigenvalue weighted by Crippen LogP contribution is 2.23. The van der Waals surface area contributed by atoms with Crippen molar-refractivity contribution < 1.29 is 14.0 Å². The number of halogens is 1. The Balaban J connectivity index is 2.03. The summed E-state index contributed by atoms with van der Waals surface area (Å²) >= 11 is 3.37. The lowest BCUT2D eigenvalue weighted by molar-refractivity contribution is -0.129. The van der Waals surface area contributed by atoms with Crippen molar-refractivity contribution >= 4 is 38.7 Å². The molecule has 2 amide bonds. The van der Waals surface area contributed by atoms with E-state index >= 15 is 0 Å². The Morgan fingerprint density at radius 1 is 1.24 bits per heavy atom. The molecule has 21 heavy (non-hydrogen) atoms. The fourth-order valence-electron chi connectivity index (χ4n) is 2.06. The third kappa shape index (κ3) is 3.64. The van der Waals surface area contributed by atoms with Gasteiger partial charge in [0.25, 0.3) is 5.91 Å². The summed E-state index contributed by atoms with van der Waals surface area (Å²) in [5, 5.41) is 3.43. The van der Waals surface area contributed by atoms with Gasteiger partial charge in [-0.1, -0.05) is 15.9 Å². The molecule has 0 saturated carbocycles. The van der Waals surface area contributed by atoms with E-state index in [2.05, 4.69) is 21.2 Å². The molecule has 1 heterocycles. The molecule has 0 fully saturated rings. The first-order valence-electron chi connectivity index (χ1n) is 6.80. The first-order chi connectivity index (χ1) is 10.0. The SMILES string of the molecule is CCN(CC)C(=O)CNC(=O)c1cc2cc(Br)ccc2o1. The van der Waals surface area contributed by atoms with Gasteiger partial charge in [0.05, 0.1) is 6.54 Å². The first kappa shape index (κ1) is 15.6. The lowest BCUT2D eigenvalue weighted by Crippen LogP contribution is -2.39. The molecule has 1 aromatic heterocycles. The molecule has 0 radical (unpaired) electrons. The van der Waals surface area contributed by atoms with Gasteiger partial charge in [0.1, 0.15) is 5.58 Å². The quantitative estimate of drug-likeness (QED) is 0.899. The number of hydrogen-bond donors (Lipinski definition) is 1. The number of rotatable bonds is 5. The average molecular weight is 353 g/mol. The molecular formula is C15H17BrN2O3. The van der Waals surface area contributed by atoms with Crippen LogP contribution < -0.4 is 5.32 Å². The van der Waals surface area contributed by atoms with Crippen LogP contribution in [0.15, 0.2) is 33.2 Å². The Kier molecular flexibility index (Phi) is 5.01. The van der Waals surface area contributed by atoms with Gasteiger partial charge in [0, 0.05) is 22.9 Å². The van der Waals surface area contributed by atoms with Crippen LogP contribution in [0.3, 0.4) is 0 Å². The summed E-state index contributed by atoms with van der Waals surface area (Å²) in [6, 6.07) is 7.17. The number of carbonyl (C=O) groups excluding carboxylic acids is 2.